The molecule has 4 fully saturated rings. The molecule has 7 atom stereocenters. The van der Waals surface area contributed by atoms with E-state index in [0.717, 1.165) is 24.6 Å². The van der Waals surface area contributed by atoms with E-state index in [1.165, 1.54) is 9.80 Å². The van der Waals surface area contributed by atoms with Gasteiger partial charge >= 0.3 is 6.09 Å². The summed E-state index contributed by atoms with van der Waals surface area (Å²) in [7, 11) is -4.01. The number of pyridine rings is 1. The van der Waals surface area contributed by atoms with Crippen molar-refractivity contribution in [1.82, 2.24) is 24.8 Å². The lowest BCUT2D eigenvalue weighted by Gasteiger charge is -2.38. The van der Waals surface area contributed by atoms with Crippen molar-refractivity contribution in [3.05, 3.63) is 42.6 Å². The SMILES string of the molecule is CCOc1ccc2c(O[C@@H]3C[C@H]4C(=O)N[C@]5(C(=O)NS(=O)(=O)C6(C)CC6)C[C@H]5C=CCC[C@@H](C)C[C@@H](C)[C@H](N(CC5(C)CC5)C(=O)O)C(=O)N4C3)nccc2c1. The van der Waals surface area contributed by atoms with E-state index in [-0.39, 0.29) is 43.2 Å². The lowest BCUT2D eigenvalue weighted by Crippen LogP contribution is -2.60. The number of amides is 4. The average Bonchev–Trinajstić information content (AvgIpc) is 4.10. The monoisotopic (exact) mass is 793 g/mol. The molecule has 2 aromatic rings. The van der Waals surface area contributed by atoms with Crippen molar-refractivity contribution in [3.63, 3.8) is 0 Å². The number of allylic oxidation sites excluding steroid dienone is 1. The van der Waals surface area contributed by atoms with E-state index in [2.05, 4.69) is 21.9 Å². The van der Waals surface area contributed by atoms with E-state index in [1.54, 1.807) is 13.1 Å². The molecule has 15 heteroatoms. The summed E-state index contributed by atoms with van der Waals surface area (Å²) in [5.74, 6) is -1.66. The number of carbonyl (C=O) groups is 4. The predicted molar refractivity (Wildman–Crippen MR) is 208 cm³/mol. The number of rotatable bonds is 10. The Morgan fingerprint density at radius 3 is 2.54 bits per heavy atom. The number of hydrogen-bond acceptors (Lipinski definition) is 9. The summed E-state index contributed by atoms with van der Waals surface area (Å²) in [4.78, 5) is 63.9. The zero-order valence-electron chi connectivity index (χ0n) is 33.0. The van der Waals surface area contributed by atoms with Crippen LogP contribution in [-0.2, 0) is 24.4 Å². The second-order valence-electron chi connectivity index (χ2n) is 17.6. The van der Waals surface area contributed by atoms with Gasteiger partial charge in [-0.05, 0) is 112 Å². The van der Waals surface area contributed by atoms with Gasteiger partial charge in [-0.25, -0.2) is 18.2 Å². The standard InChI is InChI=1S/C41H55N5O9S/c1-6-54-29-11-12-31-27(20-29)13-18-42-35(31)55-30-21-32-34(47)43-41(37(49)44-56(52,53)40(5)16-17-40)22-28(41)10-8-7-9-25(2)19-26(3)33(36(48)45(32)23-30)46(38(50)51)24-39(4)14-15-39/h8,10-13,18,20,25-26,28,30,32-33H,6-7,9,14-17,19,21-24H2,1-5H3,(H,43,47)(H,44,49)(H,50,51)/t25-,26-,28-,30-,32+,33+,41-/m1/s1. The van der Waals surface area contributed by atoms with Crippen LogP contribution in [0.1, 0.15) is 92.4 Å². The molecular formula is C41H55N5O9S. The zero-order chi connectivity index (χ0) is 40.2. The Labute approximate surface area is 328 Å². The van der Waals surface area contributed by atoms with E-state index in [4.69, 9.17) is 9.47 Å². The van der Waals surface area contributed by atoms with Crippen LogP contribution in [0.2, 0.25) is 0 Å². The van der Waals surface area contributed by atoms with Gasteiger partial charge in [-0.2, -0.15) is 0 Å². The smallest absolute Gasteiger partial charge is 0.408 e. The van der Waals surface area contributed by atoms with E-state index >= 15 is 4.79 Å². The molecule has 2 aliphatic heterocycles. The average molecular weight is 794 g/mol. The van der Waals surface area contributed by atoms with Crippen molar-refractivity contribution in [2.75, 3.05) is 19.7 Å². The van der Waals surface area contributed by atoms with Crippen LogP contribution in [0.3, 0.4) is 0 Å². The number of carboxylic acid groups (broad SMARTS) is 1. The number of fused-ring (bicyclic) bond motifs is 3. The summed E-state index contributed by atoms with van der Waals surface area (Å²) >= 11 is 0. The van der Waals surface area contributed by atoms with Gasteiger partial charge in [0.1, 0.15) is 29.5 Å². The van der Waals surface area contributed by atoms with Crippen molar-refractivity contribution in [1.29, 1.82) is 0 Å². The van der Waals surface area contributed by atoms with Gasteiger partial charge in [-0.1, -0.05) is 32.9 Å². The minimum absolute atomic E-state index is 0.0313. The Balaban J connectivity index is 1.24. The molecular weight excluding hydrogens is 739 g/mol. The molecule has 1 aromatic heterocycles. The summed E-state index contributed by atoms with van der Waals surface area (Å²) < 4.78 is 39.9. The van der Waals surface area contributed by atoms with Crippen LogP contribution in [0.4, 0.5) is 4.79 Å². The van der Waals surface area contributed by atoms with Gasteiger partial charge in [-0.3, -0.25) is 24.0 Å². The Morgan fingerprint density at radius 2 is 1.86 bits per heavy atom. The first kappa shape index (κ1) is 39.8. The van der Waals surface area contributed by atoms with Crippen LogP contribution in [0.5, 0.6) is 11.6 Å². The number of benzene rings is 1. The molecule has 1 saturated heterocycles. The molecule has 0 bridgehead atoms. The van der Waals surface area contributed by atoms with Crippen LogP contribution >= 0.6 is 0 Å². The van der Waals surface area contributed by atoms with Crippen molar-refractivity contribution in [3.8, 4) is 11.6 Å². The highest BCUT2D eigenvalue weighted by molar-refractivity contribution is 7.91. The van der Waals surface area contributed by atoms with Gasteiger partial charge in [0.15, 0.2) is 0 Å². The second kappa shape index (κ2) is 14.8. The van der Waals surface area contributed by atoms with Crippen LogP contribution in [0.15, 0.2) is 42.6 Å². The van der Waals surface area contributed by atoms with Gasteiger partial charge in [0.05, 0.1) is 17.9 Å². The van der Waals surface area contributed by atoms with Gasteiger partial charge in [0, 0.05) is 30.5 Å². The maximum Gasteiger partial charge on any atom is 0.408 e. The Hall–Kier alpha value is -4.40. The van der Waals surface area contributed by atoms with Crippen LogP contribution < -0.4 is 19.5 Å². The topological polar surface area (TPSA) is 185 Å². The van der Waals surface area contributed by atoms with Crippen LogP contribution in [0.25, 0.3) is 10.8 Å². The molecule has 1 aromatic carbocycles. The number of nitrogens with zero attached hydrogens (tertiary/aromatic N) is 3. The fourth-order valence-electron chi connectivity index (χ4n) is 8.52. The van der Waals surface area contributed by atoms with Crippen molar-refractivity contribution in [2.45, 2.75) is 121 Å². The maximum absolute atomic E-state index is 15.1. The van der Waals surface area contributed by atoms with E-state index in [9.17, 15) is 27.9 Å². The summed E-state index contributed by atoms with van der Waals surface area (Å²) in [5, 5.41) is 15.1. The third-order valence-electron chi connectivity index (χ3n) is 12.7. The molecule has 0 unspecified atom stereocenters. The van der Waals surface area contributed by atoms with Crippen LogP contribution in [-0.4, -0.2) is 100 Å². The Kier molecular flexibility index (Phi) is 10.5. The molecule has 4 amide bonds. The fourth-order valence-corrected chi connectivity index (χ4v) is 9.83. The van der Waals surface area contributed by atoms with E-state index in [0.29, 0.717) is 49.3 Å². The lowest BCUT2D eigenvalue weighted by atomic mass is 9.86. The largest absolute Gasteiger partial charge is 0.494 e. The molecule has 5 aliphatic rings. The minimum Gasteiger partial charge on any atom is -0.494 e. The maximum atomic E-state index is 15.1. The first-order chi connectivity index (χ1) is 26.5. The molecule has 7 rings (SSSR count). The third kappa shape index (κ3) is 7.92. The summed E-state index contributed by atoms with van der Waals surface area (Å²) in [6.45, 7) is 10.1. The molecule has 14 nitrogen and oxygen atoms in total. The highest BCUT2D eigenvalue weighted by Crippen LogP contribution is 2.48. The normalized spacial score (nSPS) is 30.8. The number of sulfonamides is 1. The van der Waals surface area contributed by atoms with Gasteiger partial charge in [0.25, 0.3) is 5.91 Å². The molecule has 0 spiro atoms. The molecule has 3 aliphatic carbocycles. The van der Waals surface area contributed by atoms with E-state index < -0.39 is 68.2 Å². The summed E-state index contributed by atoms with van der Waals surface area (Å²) in [5.41, 5.74) is -1.78. The minimum atomic E-state index is -4.01. The molecule has 3 saturated carbocycles. The van der Waals surface area contributed by atoms with Crippen LogP contribution in [0, 0.1) is 23.2 Å². The number of carbonyl (C=O) groups excluding carboxylic acids is 3. The highest BCUT2D eigenvalue weighted by atomic mass is 32.2. The molecule has 3 N–H and O–H groups in total. The Bertz CT molecular complexity index is 2030. The quantitative estimate of drug-likeness (QED) is 0.276. The van der Waals surface area contributed by atoms with Crippen molar-refractivity contribution < 1.29 is 42.2 Å². The third-order valence-corrected chi connectivity index (χ3v) is 14.9. The summed E-state index contributed by atoms with van der Waals surface area (Å²) in [6, 6.07) is 5.15. The first-order valence-corrected chi connectivity index (χ1v) is 21.5. The Morgan fingerprint density at radius 1 is 1.11 bits per heavy atom. The predicted octanol–water partition coefficient (Wildman–Crippen LogP) is 5.02. The highest BCUT2D eigenvalue weighted by Gasteiger charge is 2.63. The molecule has 56 heavy (non-hydrogen) atoms. The van der Waals surface area contributed by atoms with Gasteiger partial charge in [-0.15, -0.1) is 0 Å². The van der Waals surface area contributed by atoms with Crippen molar-refractivity contribution in [2.24, 2.45) is 23.2 Å². The summed E-state index contributed by atoms with van der Waals surface area (Å²) in [6.07, 6.45) is 8.31. The lowest BCUT2D eigenvalue weighted by molar-refractivity contribution is -0.144. The van der Waals surface area contributed by atoms with E-state index in [1.807, 2.05) is 57.2 Å². The van der Waals surface area contributed by atoms with Crippen molar-refractivity contribution >= 4 is 44.6 Å². The zero-order valence-corrected chi connectivity index (χ0v) is 33.8. The second-order valence-corrected chi connectivity index (χ2v) is 19.8. The number of nitrogens with one attached hydrogen (secondary N) is 2. The number of aromatic nitrogens is 1. The number of hydrogen-bond donors (Lipinski definition) is 3. The molecule has 0 radical (unpaired) electrons. The number of ether oxygens (including phenoxy) is 2. The molecule has 304 valence electrons. The fraction of sp³-hybridized carbons (Fsp3) is 0.634. The molecule has 3 heterocycles. The first-order valence-electron chi connectivity index (χ1n) is 20.0. The van der Waals surface area contributed by atoms with Gasteiger partial charge < -0.3 is 24.8 Å². The van der Waals surface area contributed by atoms with Gasteiger partial charge in [0.2, 0.25) is 27.7 Å².